The predicted molar refractivity (Wildman–Crippen MR) is 73.6 cm³/mol. The SMILES string of the molecule is CCOCCc1ncc(CNC(C)C)c(CC)n1. The number of rotatable bonds is 8. The number of nitrogens with zero attached hydrogens (tertiary/aromatic N) is 2. The molecule has 0 bridgehead atoms. The van der Waals surface area contributed by atoms with Crippen molar-refractivity contribution in [2.45, 2.75) is 53.1 Å². The highest BCUT2D eigenvalue weighted by atomic mass is 16.5. The number of hydrogen-bond acceptors (Lipinski definition) is 4. The molecule has 0 aliphatic rings. The van der Waals surface area contributed by atoms with E-state index in [-0.39, 0.29) is 0 Å². The van der Waals surface area contributed by atoms with E-state index in [0.29, 0.717) is 12.6 Å². The van der Waals surface area contributed by atoms with Crippen LogP contribution in [0, 0.1) is 0 Å². The molecular weight excluding hydrogens is 226 g/mol. The first-order valence-electron chi connectivity index (χ1n) is 6.82. The molecule has 1 heterocycles. The van der Waals surface area contributed by atoms with Crippen molar-refractivity contribution in [1.29, 1.82) is 0 Å². The van der Waals surface area contributed by atoms with E-state index in [1.165, 1.54) is 5.56 Å². The Morgan fingerprint density at radius 2 is 2.11 bits per heavy atom. The Labute approximate surface area is 110 Å². The third kappa shape index (κ3) is 5.10. The van der Waals surface area contributed by atoms with Crippen molar-refractivity contribution in [3.05, 3.63) is 23.3 Å². The van der Waals surface area contributed by atoms with Crippen LogP contribution in [0.2, 0.25) is 0 Å². The average molecular weight is 251 g/mol. The number of nitrogens with one attached hydrogen (secondary N) is 1. The quantitative estimate of drug-likeness (QED) is 0.719. The lowest BCUT2D eigenvalue weighted by atomic mass is 10.1. The molecule has 0 amide bonds. The van der Waals surface area contributed by atoms with E-state index >= 15 is 0 Å². The van der Waals surface area contributed by atoms with E-state index in [1.54, 1.807) is 0 Å². The molecule has 0 unspecified atom stereocenters. The van der Waals surface area contributed by atoms with Crippen molar-refractivity contribution in [2.75, 3.05) is 13.2 Å². The molecule has 0 radical (unpaired) electrons. The van der Waals surface area contributed by atoms with Gasteiger partial charge >= 0.3 is 0 Å². The predicted octanol–water partition coefficient (Wildman–Crippen LogP) is 2.12. The van der Waals surface area contributed by atoms with Gasteiger partial charge in [0.05, 0.1) is 6.61 Å². The first kappa shape index (κ1) is 15.1. The van der Waals surface area contributed by atoms with Gasteiger partial charge in [-0.3, -0.25) is 0 Å². The Morgan fingerprint density at radius 3 is 2.72 bits per heavy atom. The summed E-state index contributed by atoms with van der Waals surface area (Å²) in [5.74, 6) is 0.883. The molecule has 0 saturated carbocycles. The summed E-state index contributed by atoms with van der Waals surface area (Å²) in [5, 5.41) is 3.40. The zero-order valence-corrected chi connectivity index (χ0v) is 12.0. The maximum atomic E-state index is 5.33. The first-order valence-corrected chi connectivity index (χ1v) is 6.82. The Hall–Kier alpha value is -1.00. The summed E-state index contributed by atoms with van der Waals surface area (Å²) >= 11 is 0. The zero-order chi connectivity index (χ0) is 13.4. The summed E-state index contributed by atoms with van der Waals surface area (Å²) in [7, 11) is 0. The van der Waals surface area contributed by atoms with Crippen LogP contribution in [-0.2, 0) is 24.1 Å². The van der Waals surface area contributed by atoms with Gasteiger partial charge in [0.25, 0.3) is 0 Å². The van der Waals surface area contributed by atoms with Gasteiger partial charge in [0.2, 0.25) is 0 Å². The van der Waals surface area contributed by atoms with E-state index in [1.807, 2.05) is 13.1 Å². The van der Waals surface area contributed by atoms with Crippen LogP contribution in [0.5, 0.6) is 0 Å². The van der Waals surface area contributed by atoms with Crippen LogP contribution in [0.15, 0.2) is 6.20 Å². The second-order valence-electron chi connectivity index (χ2n) is 4.59. The van der Waals surface area contributed by atoms with Gasteiger partial charge in [-0.05, 0) is 13.3 Å². The molecule has 0 aliphatic carbocycles. The van der Waals surface area contributed by atoms with Crippen molar-refractivity contribution in [2.24, 2.45) is 0 Å². The molecule has 0 fully saturated rings. The minimum absolute atomic E-state index is 0.479. The van der Waals surface area contributed by atoms with Crippen LogP contribution in [0.1, 0.15) is 44.8 Å². The van der Waals surface area contributed by atoms with Gasteiger partial charge in [0.1, 0.15) is 5.82 Å². The summed E-state index contributed by atoms with van der Waals surface area (Å²) in [5.41, 5.74) is 2.34. The Kier molecular flexibility index (Phi) is 6.83. The molecule has 18 heavy (non-hydrogen) atoms. The van der Waals surface area contributed by atoms with E-state index in [9.17, 15) is 0 Å². The van der Waals surface area contributed by atoms with Crippen LogP contribution in [0.4, 0.5) is 0 Å². The average Bonchev–Trinajstić information content (AvgIpc) is 2.37. The highest BCUT2D eigenvalue weighted by Gasteiger charge is 2.06. The van der Waals surface area contributed by atoms with Crippen molar-refractivity contribution < 1.29 is 4.74 Å². The molecule has 1 aromatic heterocycles. The fourth-order valence-corrected chi connectivity index (χ4v) is 1.68. The molecule has 102 valence electrons. The lowest BCUT2D eigenvalue weighted by molar-refractivity contribution is 0.149. The number of hydrogen-bond donors (Lipinski definition) is 1. The van der Waals surface area contributed by atoms with Crippen LogP contribution < -0.4 is 5.32 Å². The second-order valence-corrected chi connectivity index (χ2v) is 4.59. The van der Waals surface area contributed by atoms with Gasteiger partial charge in [0, 0.05) is 43.1 Å². The monoisotopic (exact) mass is 251 g/mol. The van der Waals surface area contributed by atoms with Crippen LogP contribution in [0.25, 0.3) is 0 Å². The summed E-state index contributed by atoms with van der Waals surface area (Å²) in [6, 6.07) is 0.479. The fraction of sp³-hybridized carbons (Fsp3) is 0.714. The van der Waals surface area contributed by atoms with Crippen molar-refractivity contribution in [3.8, 4) is 0 Å². The summed E-state index contributed by atoms with van der Waals surface area (Å²) in [4.78, 5) is 9.02. The minimum Gasteiger partial charge on any atom is -0.381 e. The van der Waals surface area contributed by atoms with E-state index in [0.717, 1.165) is 37.5 Å². The normalized spacial score (nSPS) is 11.2. The van der Waals surface area contributed by atoms with Gasteiger partial charge in [-0.15, -0.1) is 0 Å². The third-order valence-corrected chi connectivity index (χ3v) is 2.71. The van der Waals surface area contributed by atoms with E-state index in [4.69, 9.17) is 4.74 Å². The van der Waals surface area contributed by atoms with E-state index < -0.39 is 0 Å². The third-order valence-electron chi connectivity index (χ3n) is 2.71. The molecular formula is C14H25N3O. The minimum atomic E-state index is 0.479. The maximum absolute atomic E-state index is 5.33. The van der Waals surface area contributed by atoms with Gasteiger partial charge in [-0.2, -0.15) is 0 Å². The molecule has 0 saturated heterocycles. The molecule has 0 aromatic carbocycles. The summed E-state index contributed by atoms with van der Waals surface area (Å²) < 4.78 is 5.33. The molecule has 0 spiro atoms. The van der Waals surface area contributed by atoms with Crippen molar-refractivity contribution >= 4 is 0 Å². The Balaban J connectivity index is 2.64. The Morgan fingerprint density at radius 1 is 1.33 bits per heavy atom. The number of aromatic nitrogens is 2. The van der Waals surface area contributed by atoms with E-state index in [2.05, 4.69) is 36.1 Å². The molecule has 1 aromatic rings. The van der Waals surface area contributed by atoms with Crippen LogP contribution >= 0.6 is 0 Å². The first-order chi connectivity index (χ1) is 8.67. The highest BCUT2D eigenvalue weighted by molar-refractivity contribution is 5.17. The molecule has 4 heteroatoms. The van der Waals surface area contributed by atoms with Crippen molar-refractivity contribution in [1.82, 2.24) is 15.3 Å². The Bertz CT molecular complexity index is 353. The summed E-state index contributed by atoms with van der Waals surface area (Å²) in [6.07, 6.45) is 3.68. The fourth-order valence-electron chi connectivity index (χ4n) is 1.68. The lowest BCUT2D eigenvalue weighted by Crippen LogP contribution is -2.23. The van der Waals surface area contributed by atoms with Gasteiger partial charge in [-0.1, -0.05) is 20.8 Å². The highest BCUT2D eigenvalue weighted by Crippen LogP contribution is 2.07. The second kappa shape index (κ2) is 8.16. The standard InChI is InChI=1S/C14H25N3O/c1-5-13-12(9-15-11(3)4)10-16-14(17-13)7-8-18-6-2/h10-11,15H,5-9H2,1-4H3. The van der Waals surface area contributed by atoms with Crippen molar-refractivity contribution in [3.63, 3.8) is 0 Å². The zero-order valence-electron chi connectivity index (χ0n) is 12.0. The molecule has 0 aliphatic heterocycles. The van der Waals surface area contributed by atoms with Crippen LogP contribution in [0.3, 0.4) is 0 Å². The lowest BCUT2D eigenvalue weighted by Gasteiger charge is -2.12. The van der Waals surface area contributed by atoms with Gasteiger partial charge in [-0.25, -0.2) is 9.97 Å². The molecule has 4 nitrogen and oxygen atoms in total. The number of ether oxygens (including phenoxy) is 1. The van der Waals surface area contributed by atoms with Gasteiger partial charge < -0.3 is 10.1 Å². The topological polar surface area (TPSA) is 47.0 Å². The summed E-state index contributed by atoms with van der Waals surface area (Å²) in [6.45, 7) is 10.7. The van der Waals surface area contributed by atoms with Crippen LogP contribution in [-0.4, -0.2) is 29.2 Å². The smallest absolute Gasteiger partial charge is 0.130 e. The molecule has 1 N–H and O–H groups in total. The van der Waals surface area contributed by atoms with Gasteiger partial charge in [0.15, 0.2) is 0 Å². The maximum Gasteiger partial charge on any atom is 0.130 e. The molecule has 1 rings (SSSR count). The number of aryl methyl sites for hydroxylation is 1. The largest absolute Gasteiger partial charge is 0.381 e. The molecule has 0 atom stereocenters.